The minimum absolute atomic E-state index is 0.0475. The minimum atomic E-state index is -3.87. The monoisotopic (exact) mass is 440 g/mol. The Kier molecular flexibility index (Phi) is 5.18. The van der Waals surface area contributed by atoms with Crippen LogP contribution in [0.1, 0.15) is 12.5 Å². The van der Waals surface area contributed by atoms with Crippen molar-refractivity contribution in [3.05, 3.63) is 58.3 Å². The standard InChI is InChI=1S/C18H18BrFN2O3S/c1-12-9-13-10-14(19)3-8-17(13)22(12)18(23)11-21(2)26(24,25)16-6-4-15(20)5-7-16/h3-8,10,12H,9,11H2,1-2H3/t12-/m0/s1. The SMILES string of the molecule is C[C@H]1Cc2cc(Br)ccc2N1C(=O)CN(C)S(=O)(=O)c1ccc(F)cc1. The van der Waals surface area contributed by atoms with E-state index in [0.717, 1.165) is 38.6 Å². The zero-order chi connectivity index (χ0) is 19.1. The molecule has 0 unspecified atom stereocenters. The summed E-state index contributed by atoms with van der Waals surface area (Å²) in [4.78, 5) is 14.4. The number of sulfonamides is 1. The molecule has 1 aliphatic rings. The van der Waals surface area contributed by atoms with Crippen molar-refractivity contribution < 1.29 is 17.6 Å². The number of likely N-dealkylation sites (N-methyl/N-ethyl adjacent to an activating group) is 1. The number of rotatable bonds is 4. The fourth-order valence-corrected chi connectivity index (χ4v) is 4.65. The summed E-state index contributed by atoms with van der Waals surface area (Å²) >= 11 is 3.42. The highest BCUT2D eigenvalue weighted by Gasteiger charge is 2.33. The lowest BCUT2D eigenvalue weighted by Gasteiger charge is -2.25. The van der Waals surface area contributed by atoms with Gasteiger partial charge in [0.2, 0.25) is 15.9 Å². The first-order valence-corrected chi connectivity index (χ1v) is 10.3. The molecular formula is C18H18BrFN2O3S. The quantitative estimate of drug-likeness (QED) is 0.733. The van der Waals surface area contributed by atoms with Crippen LogP contribution in [0.3, 0.4) is 0 Å². The number of halogens is 2. The Morgan fingerprint density at radius 2 is 1.92 bits per heavy atom. The van der Waals surface area contributed by atoms with E-state index in [1.165, 1.54) is 19.2 Å². The molecule has 0 spiro atoms. The Morgan fingerprint density at radius 3 is 2.58 bits per heavy atom. The topological polar surface area (TPSA) is 57.7 Å². The summed E-state index contributed by atoms with van der Waals surface area (Å²) in [6, 6.07) is 10.2. The lowest BCUT2D eigenvalue weighted by molar-refractivity contribution is -0.118. The molecule has 0 saturated heterocycles. The smallest absolute Gasteiger partial charge is 0.243 e. The van der Waals surface area contributed by atoms with Gasteiger partial charge in [-0.1, -0.05) is 15.9 Å². The molecule has 1 aliphatic heterocycles. The van der Waals surface area contributed by atoms with Crippen LogP contribution < -0.4 is 4.90 Å². The number of anilines is 1. The summed E-state index contributed by atoms with van der Waals surface area (Å²) < 4.78 is 40.1. The Hall–Kier alpha value is -1.77. The summed E-state index contributed by atoms with van der Waals surface area (Å²) in [5.74, 6) is -0.817. The van der Waals surface area contributed by atoms with Crippen LogP contribution in [0.25, 0.3) is 0 Å². The maximum Gasteiger partial charge on any atom is 0.243 e. The molecule has 5 nitrogen and oxygen atoms in total. The van der Waals surface area contributed by atoms with Gasteiger partial charge in [0, 0.05) is 23.2 Å². The van der Waals surface area contributed by atoms with Crippen LogP contribution in [-0.4, -0.2) is 38.3 Å². The van der Waals surface area contributed by atoms with Crippen molar-refractivity contribution in [2.24, 2.45) is 0 Å². The van der Waals surface area contributed by atoms with Crippen LogP contribution >= 0.6 is 15.9 Å². The van der Waals surface area contributed by atoms with Gasteiger partial charge in [0.15, 0.2) is 0 Å². The number of hydrogen-bond donors (Lipinski definition) is 0. The normalized spacial score (nSPS) is 16.8. The van der Waals surface area contributed by atoms with E-state index in [4.69, 9.17) is 0 Å². The highest BCUT2D eigenvalue weighted by Crippen LogP contribution is 2.34. The molecule has 2 aromatic rings. The summed E-state index contributed by atoms with van der Waals surface area (Å²) in [7, 11) is -2.52. The molecule has 1 amide bonds. The molecule has 0 bridgehead atoms. The molecule has 2 aromatic carbocycles. The third kappa shape index (κ3) is 3.54. The van der Waals surface area contributed by atoms with Gasteiger partial charge in [0.1, 0.15) is 5.82 Å². The maximum atomic E-state index is 13.0. The molecule has 1 atom stereocenters. The van der Waals surface area contributed by atoms with Gasteiger partial charge in [0.05, 0.1) is 11.4 Å². The van der Waals surface area contributed by atoms with Crippen molar-refractivity contribution in [1.29, 1.82) is 0 Å². The van der Waals surface area contributed by atoms with Crippen LogP contribution in [-0.2, 0) is 21.2 Å². The summed E-state index contributed by atoms with van der Waals surface area (Å²) in [5, 5.41) is 0. The number of hydrogen-bond acceptors (Lipinski definition) is 3. The van der Waals surface area contributed by atoms with Gasteiger partial charge >= 0.3 is 0 Å². The molecule has 0 N–H and O–H groups in total. The van der Waals surface area contributed by atoms with Gasteiger partial charge in [-0.05, 0) is 61.4 Å². The van der Waals surface area contributed by atoms with E-state index in [2.05, 4.69) is 15.9 Å². The fraction of sp³-hybridized carbons (Fsp3) is 0.278. The summed E-state index contributed by atoms with van der Waals surface area (Å²) in [6.45, 7) is 1.64. The van der Waals surface area contributed by atoms with E-state index in [1.807, 2.05) is 25.1 Å². The van der Waals surface area contributed by atoms with E-state index >= 15 is 0 Å². The summed E-state index contributed by atoms with van der Waals surface area (Å²) in [5.41, 5.74) is 1.85. The molecule has 0 aliphatic carbocycles. The number of nitrogens with zero attached hydrogens (tertiary/aromatic N) is 2. The molecular weight excluding hydrogens is 423 g/mol. The minimum Gasteiger partial charge on any atom is -0.308 e. The lowest BCUT2D eigenvalue weighted by atomic mass is 10.1. The second kappa shape index (κ2) is 7.09. The average Bonchev–Trinajstić information content (AvgIpc) is 2.89. The Morgan fingerprint density at radius 1 is 1.27 bits per heavy atom. The van der Waals surface area contributed by atoms with E-state index in [9.17, 15) is 17.6 Å². The second-order valence-corrected chi connectivity index (χ2v) is 9.27. The van der Waals surface area contributed by atoms with Crippen LogP contribution in [0.2, 0.25) is 0 Å². The Balaban J connectivity index is 1.81. The van der Waals surface area contributed by atoms with Gasteiger partial charge in [0.25, 0.3) is 0 Å². The second-order valence-electron chi connectivity index (χ2n) is 6.30. The van der Waals surface area contributed by atoms with E-state index in [1.54, 1.807) is 4.90 Å². The van der Waals surface area contributed by atoms with Crippen LogP contribution in [0.15, 0.2) is 51.8 Å². The maximum absolute atomic E-state index is 13.0. The zero-order valence-electron chi connectivity index (χ0n) is 14.3. The molecule has 3 rings (SSSR count). The molecule has 1 heterocycles. The predicted octanol–water partition coefficient (Wildman–Crippen LogP) is 3.19. The van der Waals surface area contributed by atoms with E-state index < -0.39 is 15.8 Å². The number of fused-ring (bicyclic) bond motifs is 1. The molecule has 0 fully saturated rings. The largest absolute Gasteiger partial charge is 0.308 e. The molecule has 0 aromatic heterocycles. The fourth-order valence-electron chi connectivity index (χ4n) is 3.12. The van der Waals surface area contributed by atoms with Crippen LogP contribution in [0, 0.1) is 5.82 Å². The predicted molar refractivity (Wildman–Crippen MR) is 101 cm³/mol. The first-order chi connectivity index (χ1) is 12.2. The van der Waals surface area contributed by atoms with Crippen LogP contribution in [0.5, 0.6) is 0 Å². The van der Waals surface area contributed by atoms with Gasteiger partial charge in [-0.25, -0.2) is 12.8 Å². The van der Waals surface area contributed by atoms with E-state index in [-0.39, 0.29) is 23.4 Å². The molecule has 0 radical (unpaired) electrons. The Bertz CT molecular complexity index is 947. The van der Waals surface area contributed by atoms with Crippen molar-refractivity contribution >= 4 is 37.5 Å². The molecule has 8 heteroatoms. The van der Waals surface area contributed by atoms with E-state index in [0.29, 0.717) is 0 Å². The van der Waals surface area contributed by atoms with Gasteiger partial charge in [-0.3, -0.25) is 4.79 Å². The van der Waals surface area contributed by atoms with Gasteiger partial charge in [-0.2, -0.15) is 4.31 Å². The number of carbonyl (C=O) groups is 1. The molecule has 0 saturated carbocycles. The highest BCUT2D eigenvalue weighted by atomic mass is 79.9. The third-order valence-electron chi connectivity index (χ3n) is 4.41. The van der Waals surface area contributed by atoms with Crippen molar-refractivity contribution in [3.8, 4) is 0 Å². The Labute approximate surface area is 160 Å². The number of benzene rings is 2. The van der Waals surface area contributed by atoms with Crippen molar-refractivity contribution in [3.63, 3.8) is 0 Å². The van der Waals surface area contributed by atoms with Gasteiger partial charge < -0.3 is 4.90 Å². The molecule has 138 valence electrons. The number of carbonyl (C=O) groups excluding carboxylic acids is 1. The third-order valence-corrected chi connectivity index (χ3v) is 6.72. The first kappa shape index (κ1) is 19.0. The van der Waals surface area contributed by atoms with Crippen LogP contribution in [0.4, 0.5) is 10.1 Å². The van der Waals surface area contributed by atoms with Crippen molar-refractivity contribution in [1.82, 2.24) is 4.31 Å². The average molecular weight is 441 g/mol. The molecule has 26 heavy (non-hydrogen) atoms. The lowest BCUT2D eigenvalue weighted by Crippen LogP contribution is -2.43. The van der Waals surface area contributed by atoms with Crippen molar-refractivity contribution in [2.75, 3.05) is 18.5 Å². The van der Waals surface area contributed by atoms with Gasteiger partial charge in [-0.15, -0.1) is 0 Å². The highest BCUT2D eigenvalue weighted by molar-refractivity contribution is 9.10. The number of amides is 1. The van der Waals surface area contributed by atoms with Crippen molar-refractivity contribution in [2.45, 2.75) is 24.3 Å². The zero-order valence-corrected chi connectivity index (χ0v) is 16.7. The summed E-state index contributed by atoms with van der Waals surface area (Å²) in [6.07, 6.45) is 0.717. The first-order valence-electron chi connectivity index (χ1n) is 8.02.